The number of ether oxygens (including phenoxy) is 5. The summed E-state index contributed by atoms with van der Waals surface area (Å²) in [5.41, 5.74) is 17.3. The zero-order chi connectivity index (χ0) is 100. The summed E-state index contributed by atoms with van der Waals surface area (Å²) in [4.78, 5) is 106. The van der Waals surface area contributed by atoms with Gasteiger partial charge in [-0.25, -0.2) is 0 Å². The molecule has 1 aliphatic carbocycles. The second kappa shape index (κ2) is 48.2. The number of carbonyl (C=O) groups is 8. The van der Waals surface area contributed by atoms with Crippen molar-refractivity contribution in [3.05, 3.63) is 372 Å². The Morgan fingerprint density at radius 2 is 0.718 bits per heavy atom. The van der Waals surface area contributed by atoms with E-state index in [9.17, 15) is 43.5 Å². The number of aryl methyl sites for hydroxylation is 4. The first-order valence-corrected chi connectivity index (χ1v) is 53.9. The van der Waals surface area contributed by atoms with Gasteiger partial charge in [0.1, 0.15) is 37.9 Å². The number of phenolic OH excluding ortho intramolecular Hbond substituents is 1. The first-order valence-electron chi connectivity index (χ1n) is 46.5. The summed E-state index contributed by atoms with van der Waals surface area (Å²) in [6, 6.07) is 94.6. The minimum absolute atomic E-state index is 0.0909. The Balaban J connectivity index is 0.000000122. The molecule has 18 aromatic rings. The molecule has 1 unspecified atom stereocenters. The highest BCUT2D eigenvalue weighted by Crippen LogP contribution is 2.46. The fraction of sp³-hybridized carbons (Fsp3) is 0.193. The Bertz CT molecular complexity index is 7680. The maximum atomic E-state index is 11.4. The monoisotopic (exact) mass is 2090 g/mol. The van der Waals surface area contributed by atoms with Crippen LogP contribution in [0.4, 0.5) is 0 Å². The van der Waals surface area contributed by atoms with Crippen molar-refractivity contribution in [2.45, 2.75) is 121 Å². The highest BCUT2D eigenvalue weighted by Gasteiger charge is 2.26. The van der Waals surface area contributed by atoms with E-state index < -0.39 is 0 Å². The fourth-order valence-corrected chi connectivity index (χ4v) is 24.6. The van der Waals surface area contributed by atoms with Crippen molar-refractivity contribution in [2.75, 3.05) is 33.0 Å². The van der Waals surface area contributed by atoms with Crippen LogP contribution < -0.4 is 23.7 Å². The molecule has 11 heterocycles. The molecule has 23 heteroatoms. The van der Waals surface area contributed by atoms with Crippen LogP contribution in [0.1, 0.15) is 196 Å². The Morgan fingerprint density at radius 1 is 0.317 bits per heavy atom. The average molecular weight is 2100 g/mol. The zero-order valence-electron chi connectivity index (χ0n) is 80.7. The van der Waals surface area contributed by atoms with Crippen LogP contribution in [0.15, 0.2) is 290 Å². The molecule has 142 heavy (non-hydrogen) atoms. The fourth-order valence-electron chi connectivity index (χ4n) is 16.6. The van der Waals surface area contributed by atoms with E-state index in [1.807, 2.05) is 152 Å². The molecule has 0 fully saturated rings. The van der Waals surface area contributed by atoms with Gasteiger partial charge in [-0.15, -0.1) is 90.7 Å². The number of Topliss-reactive ketones (excluding diaryl/α,β-unsaturated/α-hetero) is 8. The van der Waals surface area contributed by atoms with Crippen LogP contribution in [0.5, 0.6) is 34.5 Å². The van der Waals surface area contributed by atoms with E-state index in [-0.39, 0.29) is 52.0 Å². The Labute approximate surface area is 868 Å². The molecular formula is C119H105BrO14S8. The number of phenols is 1. The van der Waals surface area contributed by atoms with Crippen molar-refractivity contribution in [3.8, 4) is 108 Å². The molecule has 0 spiro atoms. The number of carbonyl (C=O) groups excluding carboxylic acids is 8. The van der Waals surface area contributed by atoms with Gasteiger partial charge in [-0.2, -0.15) is 0 Å². The predicted octanol–water partition coefficient (Wildman–Crippen LogP) is 33.3. The zero-order valence-corrected chi connectivity index (χ0v) is 88.8. The number of para-hydroxylation sites is 2. The van der Waals surface area contributed by atoms with Gasteiger partial charge in [0.2, 0.25) is 0 Å². The number of thiophene rings is 8. The van der Waals surface area contributed by atoms with Crippen LogP contribution in [0.2, 0.25) is 0 Å². The first-order chi connectivity index (χ1) is 68.5. The maximum Gasteiger partial charge on any atom is 0.169 e. The number of halogens is 1. The molecule has 1 atom stereocenters. The third-order valence-electron chi connectivity index (χ3n) is 24.0. The summed E-state index contributed by atoms with van der Waals surface area (Å²) in [6.07, 6.45) is 5.48. The summed E-state index contributed by atoms with van der Waals surface area (Å²) in [6.45, 7) is 24.4. The second-order valence-corrected chi connectivity index (χ2v) is 43.8. The number of fused-ring (bicyclic) bond motifs is 6. The minimum atomic E-state index is 0.0909. The molecule has 8 aromatic heterocycles. The smallest absolute Gasteiger partial charge is 0.169 e. The van der Waals surface area contributed by atoms with E-state index in [0.717, 1.165) is 167 Å². The van der Waals surface area contributed by atoms with E-state index in [0.29, 0.717) is 32.3 Å². The van der Waals surface area contributed by atoms with E-state index in [4.69, 9.17) is 23.7 Å². The van der Waals surface area contributed by atoms with Gasteiger partial charge in [0.25, 0.3) is 0 Å². The molecule has 0 radical (unpaired) electrons. The average Bonchev–Trinajstić information content (AvgIpc) is 1.71. The van der Waals surface area contributed by atoms with Crippen molar-refractivity contribution in [1.82, 2.24) is 0 Å². The Morgan fingerprint density at radius 3 is 1.27 bits per heavy atom. The largest absolute Gasteiger partial charge is 0.508 e. The highest BCUT2D eigenvalue weighted by atomic mass is 79.9. The first kappa shape index (κ1) is 103. The minimum Gasteiger partial charge on any atom is -0.508 e. The summed E-state index contributed by atoms with van der Waals surface area (Å²) < 4.78 is 29.0. The van der Waals surface area contributed by atoms with E-state index in [1.54, 1.807) is 113 Å². The van der Waals surface area contributed by atoms with Crippen LogP contribution in [-0.4, -0.2) is 84.4 Å². The Hall–Kier alpha value is -13.0. The highest BCUT2D eigenvalue weighted by molar-refractivity contribution is 9.10. The van der Waals surface area contributed by atoms with Gasteiger partial charge in [-0.3, -0.25) is 38.4 Å². The summed E-state index contributed by atoms with van der Waals surface area (Å²) in [5.74, 6) is 5.97. The topological polar surface area (TPSA) is 203 Å². The van der Waals surface area contributed by atoms with Crippen LogP contribution >= 0.6 is 107 Å². The maximum absolute atomic E-state index is 11.4. The quantitative estimate of drug-likeness (QED) is 0.0843. The SMILES string of the molecule is CC(=O)c1ccc(-c2c(C)ccc(Br)c2C)s1.CC(=O)c1ccc(-c2ccc3c(c2)OCCO3)s1.CC(=O)c1ccc(-c2ccc3cc(O)ccc3c2)s1.CC(=O)c1ccc(-c2ccc3ccccc3c2)s1.CC(=O)c1ccc(-c2cccc3c2OCC3)s1.CC(=O)c1ccc(-c2cccc3c2OCCO3)s1.CC(=O)c1ccc(C2CCc3ccccc3C2)s1.CCc1cccc(C)c1-c1ccc(C(C)=O)s1. The second-order valence-electron chi connectivity index (χ2n) is 34.2. The lowest BCUT2D eigenvalue weighted by atomic mass is 9.83. The third kappa shape index (κ3) is 25.9. The molecule has 14 nitrogen and oxygen atoms in total. The molecule has 3 aliphatic heterocycles. The number of ketones is 8. The van der Waals surface area contributed by atoms with Gasteiger partial charge in [0.15, 0.2) is 69.3 Å². The summed E-state index contributed by atoms with van der Waals surface area (Å²) in [5, 5.41) is 14.0. The lowest BCUT2D eigenvalue weighted by molar-refractivity contribution is 0.101. The number of rotatable bonds is 17. The molecule has 4 aliphatic rings. The van der Waals surface area contributed by atoms with Crippen molar-refractivity contribution < 1.29 is 67.1 Å². The molecule has 0 saturated carbocycles. The molecule has 22 rings (SSSR count). The van der Waals surface area contributed by atoms with E-state index in [2.05, 4.69) is 165 Å². The van der Waals surface area contributed by atoms with Gasteiger partial charge in [0, 0.05) is 61.0 Å². The van der Waals surface area contributed by atoms with Crippen LogP contribution in [0, 0.1) is 20.8 Å². The molecule has 0 amide bonds. The van der Waals surface area contributed by atoms with Crippen molar-refractivity contribution >= 4 is 174 Å². The number of aromatic hydroxyl groups is 1. The van der Waals surface area contributed by atoms with Gasteiger partial charge in [-0.1, -0.05) is 144 Å². The van der Waals surface area contributed by atoms with Crippen molar-refractivity contribution in [2.24, 2.45) is 0 Å². The Kier molecular flexibility index (Phi) is 35.0. The van der Waals surface area contributed by atoms with Crippen LogP contribution in [0.3, 0.4) is 0 Å². The molecule has 10 aromatic carbocycles. The summed E-state index contributed by atoms with van der Waals surface area (Å²) >= 11 is 15.9. The number of hydrogen-bond acceptors (Lipinski definition) is 22. The van der Waals surface area contributed by atoms with Gasteiger partial charge >= 0.3 is 0 Å². The standard InChI is InChI=1S/C16H12O2S.C16H16OS.C16H12OS.C15H16OS.C14H13BrOS.2C14H12O3S.C14H12O2S/c1-10(17)15-6-7-16(19-15)13-3-2-12-9-14(18)5-4-11(12)8-13;2*1-11(17)15-8-9-16(18-15)14-7-6-12-4-2-3-5-13(12)10-14;1-4-12-7-5-6-10(2)15(12)14-9-8-13(17-14)11(3)16;1-8-4-5-11(15)9(2)14(8)13-7-6-12(17-13)10(3)16;1-9(15)13-4-5-14(18-13)10-2-3-11-12(8-10)17-7-6-16-11;1-9(15)12-5-6-13(18-12)10-3-2-4-11-14(10)17-8-7-16-11;1-9(15)12-5-6-13(17-12)11-4-2-3-10-7-8-16-14(10)11/h2-9,18H,1H3;2-5,8-9,14H,6-7,10H2,1H3;2-10H,1H3;5-9H,4H2,1-3H3;4-7H,1-3H3;2-5,8H,6-7H2,1H3;2-6H,7-8H2,1H3;2-6H,7-8H2,1H3. The molecule has 1 N–H and O–H groups in total. The van der Waals surface area contributed by atoms with Crippen LogP contribution in [0.25, 0.3) is 94.6 Å². The number of benzene rings is 10. The summed E-state index contributed by atoms with van der Waals surface area (Å²) in [7, 11) is 0. The number of hydrogen-bond donors (Lipinski definition) is 1. The van der Waals surface area contributed by atoms with Crippen LogP contribution in [-0.2, 0) is 25.7 Å². The van der Waals surface area contributed by atoms with E-state index >= 15 is 0 Å². The lowest BCUT2D eigenvalue weighted by Crippen LogP contribution is -2.15. The van der Waals surface area contributed by atoms with Crippen molar-refractivity contribution in [1.29, 1.82) is 0 Å². The molecule has 0 bridgehead atoms. The van der Waals surface area contributed by atoms with Gasteiger partial charge in [-0.05, 0) is 360 Å². The van der Waals surface area contributed by atoms with Gasteiger partial charge < -0.3 is 28.8 Å². The molecule has 720 valence electrons. The van der Waals surface area contributed by atoms with E-state index in [1.165, 1.54) is 128 Å². The molecular weight excluding hydrogens is 1990 g/mol. The van der Waals surface area contributed by atoms with Gasteiger partial charge in [0.05, 0.1) is 45.6 Å². The third-order valence-corrected chi connectivity index (χ3v) is 34.8. The van der Waals surface area contributed by atoms with Crippen molar-refractivity contribution in [3.63, 3.8) is 0 Å². The lowest BCUT2D eigenvalue weighted by Gasteiger charge is -2.23. The predicted molar refractivity (Wildman–Crippen MR) is 593 cm³/mol. The normalized spacial score (nSPS) is 12.6. The molecule has 0 saturated heterocycles.